The molecule has 0 aromatic heterocycles. The zero-order valence-electron chi connectivity index (χ0n) is 11.9. The van der Waals surface area contributed by atoms with Crippen LogP contribution in [0.3, 0.4) is 0 Å². The quantitative estimate of drug-likeness (QED) is 0.754. The highest BCUT2D eigenvalue weighted by molar-refractivity contribution is 5.82. The molecule has 1 aliphatic heterocycles. The van der Waals surface area contributed by atoms with Gasteiger partial charge in [0.25, 0.3) is 0 Å². The summed E-state index contributed by atoms with van der Waals surface area (Å²) in [6.07, 6.45) is 5.95. The normalized spacial score (nSPS) is 26.4. The van der Waals surface area contributed by atoms with Gasteiger partial charge in [-0.1, -0.05) is 26.7 Å². The maximum absolute atomic E-state index is 11.9. The summed E-state index contributed by atoms with van der Waals surface area (Å²) in [4.78, 5) is 14.5. The Morgan fingerprint density at radius 3 is 2.67 bits per heavy atom. The topological polar surface area (TPSA) is 29.5 Å². The first-order chi connectivity index (χ1) is 8.66. The molecule has 3 heteroatoms. The molecule has 0 aromatic rings. The van der Waals surface area contributed by atoms with Gasteiger partial charge >= 0.3 is 0 Å². The van der Waals surface area contributed by atoms with E-state index in [0.717, 1.165) is 13.1 Å². The monoisotopic (exact) mass is 253 g/mol. The highest BCUT2D eigenvalue weighted by Crippen LogP contribution is 2.26. The molecule has 0 radical (unpaired) electrons. The SMILES string of the molecule is CC(C)CN(CC1COCCC1=O)C1CCCC1. The molecule has 2 fully saturated rings. The van der Waals surface area contributed by atoms with Crippen molar-refractivity contribution in [2.45, 2.75) is 52.0 Å². The van der Waals surface area contributed by atoms with Gasteiger partial charge in [0.15, 0.2) is 0 Å². The van der Waals surface area contributed by atoms with Gasteiger partial charge in [0.2, 0.25) is 0 Å². The van der Waals surface area contributed by atoms with Gasteiger partial charge in [-0.25, -0.2) is 0 Å². The van der Waals surface area contributed by atoms with E-state index in [1.54, 1.807) is 0 Å². The Hall–Kier alpha value is -0.410. The predicted molar refractivity (Wildman–Crippen MR) is 72.6 cm³/mol. The van der Waals surface area contributed by atoms with Gasteiger partial charge in [-0.15, -0.1) is 0 Å². The van der Waals surface area contributed by atoms with E-state index >= 15 is 0 Å². The van der Waals surface area contributed by atoms with Crippen LogP contribution in [0.1, 0.15) is 46.0 Å². The number of rotatable bonds is 5. The van der Waals surface area contributed by atoms with Crippen LogP contribution in [-0.2, 0) is 9.53 Å². The van der Waals surface area contributed by atoms with Crippen molar-refractivity contribution in [3.8, 4) is 0 Å². The largest absolute Gasteiger partial charge is 0.380 e. The predicted octanol–water partition coefficient (Wildman–Crippen LogP) is 2.49. The number of Topliss-reactive ketones (excluding diaryl/α,β-unsaturated/α-hetero) is 1. The minimum absolute atomic E-state index is 0.123. The van der Waals surface area contributed by atoms with Crippen LogP contribution < -0.4 is 0 Å². The molecule has 104 valence electrons. The minimum atomic E-state index is 0.123. The van der Waals surface area contributed by atoms with Crippen LogP contribution in [-0.4, -0.2) is 43.0 Å². The standard InChI is InChI=1S/C15H27NO2/c1-12(2)9-16(14-5-3-4-6-14)10-13-11-18-8-7-15(13)17/h12-14H,3-11H2,1-2H3. The van der Waals surface area contributed by atoms with Crippen LogP contribution in [0.15, 0.2) is 0 Å². The number of carbonyl (C=O) groups excluding carboxylic acids is 1. The second kappa shape index (κ2) is 6.67. The maximum atomic E-state index is 11.9. The summed E-state index contributed by atoms with van der Waals surface area (Å²) >= 11 is 0. The molecule has 1 saturated heterocycles. The van der Waals surface area contributed by atoms with Crippen LogP contribution in [0, 0.1) is 11.8 Å². The molecule has 0 bridgehead atoms. The molecule has 1 saturated carbocycles. The Labute approximate surface area is 111 Å². The van der Waals surface area contributed by atoms with Crippen LogP contribution in [0.5, 0.6) is 0 Å². The van der Waals surface area contributed by atoms with Gasteiger partial charge in [0.05, 0.1) is 19.1 Å². The van der Waals surface area contributed by atoms with Crippen molar-refractivity contribution in [3.63, 3.8) is 0 Å². The summed E-state index contributed by atoms with van der Waals surface area (Å²) < 4.78 is 5.47. The molecular weight excluding hydrogens is 226 g/mol. The first-order valence-electron chi connectivity index (χ1n) is 7.51. The molecule has 0 N–H and O–H groups in total. The smallest absolute Gasteiger partial charge is 0.141 e. The zero-order chi connectivity index (χ0) is 13.0. The van der Waals surface area contributed by atoms with Crippen molar-refractivity contribution in [1.29, 1.82) is 0 Å². The van der Waals surface area contributed by atoms with Crippen LogP contribution in [0.4, 0.5) is 0 Å². The summed E-state index contributed by atoms with van der Waals surface area (Å²) in [6.45, 7) is 7.83. The summed E-state index contributed by atoms with van der Waals surface area (Å²) in [6, 6.07) is 0.710. The number of nitrogens with zero attached hydrogens (tertiary/aromatic N) is 1. The molecule has 3 nitrogen and oxygen atoms in total. The molecule has 1 heterocycles. The fraction of sp³-hybridized carbons (Fsp3) is 0.933. The summed E-state index contributed by atoms with van der Waals surface area (Å²) in [5.74, 6) is 1.20. The first kappa shape index (κ1) is 14.0. The van der Waals surface area contributed by atoms with Gasteiger partial charge in [0.1, 0.15) is 5.78 Å². The second-order valence-corrected chi connectivity index (χ2v) is 6.27. The Morgan fingerprint density at radius 1 is 1.33 bits per heavy atom. The third kappa shape index (κ3) is 3.79. The molecule has 0 aromatic carbocycles. The van der Waals surface area contributed by atoms with Crippen LogP contribution in [0.2, 0.25) is 0 Å². The third-order valence-electron chi connectivity index (χ3n) is 4.16. The van der Waals surface area contributed by atoms with Crippen molar-refractivity contribution in [2.75, 3.05) is 26.3 Å². The van der Waals surface area contributed by atoms with Crippen molar-refractivity contribution >= 4 is 5.78 Å². The van der Waals surface area contributed by atoms with E-state index in [1.165, 1.54) is 25.7 Å². The van der Waals surface area contributed by atoms with E-state index in [0.29, 0.717) is 37.4 Å². The van der Waals surface area contributed by atoms with Crippen LogP contribution >= 0.6 is 0 Å². The lowest BCUT2D eigenvalue weighted by atomic mass is 9.98. The van der Waals surface area contributed by atoms with E-state index in [4.69, 9.17) is 4.74 Å². The van der Waals surface area contributed by atoms with E-state index < -0.39 is 0 Å². The molecule has 0 amide bonds. The van der Waals surface area contributed by atoms with Gasteiger partial charge in [-0.05, 0) is 18.8 Å². The van der Waals surface area contributed by atoms with E-state index in [9.17, 15) is 4.79 Å². The van der Waals surface area contributed by atoms with Crippen molar-refractivity contribution in [2.24, 2.45) is 11.8 Å². The van der Waals surface area contributed by atoms with Crippen molar-refractivity contribution in [1.82, 2.24) is 4.90 Å². The highest BCUT2D eigenvalue weighted by atomic mass is 16.5. The first-order valence-corrected chi connectivity index (χ1v) is 7.51. The fourth-order valence-electron chi connectivity index (χ4n) is 3.24. The lowest BCUT2D eigenvalue weighted by molar-refractivity contribution is -0.131. The number of ketones is 1. The molecule has 1 atom stereocenters. The second-order valence-electron chi connectivity index (χ2n) is 6.27. The molecule has 2 rings (SSSR count). The molecule has 1 aliphatic carbocycles. The van der Waals surface area contributed by atoms with Gasteiger partial charge < -0.3 is 4.74 Å². The molecule has 0 spiro atoms. The number of hydrogen-bond donors (Lipinski definition) is 0. The molecule has 18 heavy (non-hydrogen) atoms. The van der Waals surface area contributed by atoms with Crippen molar-refractivity contribution in [3.05, 3.63) is 0 Å². The van der Waals surface area contributed by atoms with Crippen molar-refractivity contribution < 1.29 is 9.53 Å². The number of carbonyl (C=O) groups is 1. The molecule has 1 unspecified atom stereocenters. The van der Waals surface area contributed by atoms with Gasteiger partial charge in [0, 0.05) is 25.6 Å². The lowest BCUT2D eigenvalue weighted by Gasteiger charge is -2.34. The number of hydrogen-bond acceptors (Lipinski definition) is 3. The van der Waals surface area contributed by atoms with E-state index in [2.05, 4.69) is 18.7 Å². The number of ether oxygens (including phenoxy) is 1. The lowest BCUT2D eigenvalue weighted by Crippen LogP contribution is -2.44. The van der Waals surface area contributed by atoms with E-state index in [1.807, 2.05) is 0 Å². The molecular formula is C15H27NO2. The van der Waals surface area contributed by atoms with E-state index in [-0.39, 0.29) is 5.92 Å². The Morgan fingerprint density at radius 2 is 2.06 bits per heavy atom. The fourth-order valence-corrected chi connectivity index (χ4v) is 3.24. The molecule has 2 aliphatic rings. The Kier molecular flexibility index (Phi) is 5.19. The maximum Gasteiger partial charge on any atom is 0.141 e. The average Bonchev–Trinajstić information content (AvgIpc) is 2.84. The Bertz CT molecular complexity index is 272. The third-order valence-corrected chi connectivity index (χ3v) is 4.16. The summed E-state index contributed by atoms with van der Waals surface area (Å²) in [5.41, 5.74) is 0. The van der Waals surface area contributed by atoms with Gasteiger partial charge in [-0.2, -0.15) is 0 Å². The van der Waals surface area contributed by atoms with Crippen LogP contribution in [0.25, 0.3) is 0 Å². The highest BCUT2D eigenvalue weighted by Gasteiger charge is 2.29. The summed E-state index contributed by atoms with van der Waals surface area (Å²) in [5, 5.41) is 0. The van der Waals surface area contributed by atoms with Gasteiger partial charge in [-0.3, -0.25) is 9.69 Å². The Balaban J connectivity index is 1.92. The zero-order valence-corrected chi connectivity index (χ0v) is 11.9. The summed E-state index contributed by atoms with van der Waals surface area (Å²) in [7, 11) is 0. The minimum Gasteiger partial charge on any atom is -0.380 e. The average molecular weight is 253 g/mol.